The van der Waals surface area contributed by atoms with Gasteiger partial charge in [0.2, 0.25) is 10.0 Å². The van der Waals surface area contributed by atoms with E-state index in [1.807, 2.05) is 0 Å². The number of carbonyl (C=O) groups is 1. The molecule has 2 aromatic rings. The molecule has 1 aliphatic rings. The first-order valence-electron chi connectivity index (χ1n) is 8.19. The molecule has 2 heterocycles. The van der Waals surface area contributed by atoms with Crippen molar-refractivity contribution in [3.05, 3.63) is 47.0 Å². The fraction of sp³-hybridized carbons (Fsp3) is 0.412. The lowest BCUT2D eigenvalue weighted by molar-refractivity contribution is 0.0942. The summed E-state index contributed by atoms with van der Waals surface area (Å²) >= 11 is 0. The standard InChI is InChI=1S/C17H20FN3O3S/c1-12-16(25(23,24)20-10-4-3-5-11-20)13(2)21(19-12)17(22)14-6-8-15(18)9-7-14/h6-9H,3-5,10-11H2,1-2H3. The number of carbonyl (C=O) groups excluding carboxylic acids is 1. The summed E-state index contributed by atoms with van der Waals surface area (Å²) in [5, 5.41) is 4.14. The second-order valence-electron chi connectivity index (χ2n) is 6.19. The van der Waals surface area contributed by atoms with Crippen LogP contribution in [0, 0.1) is 19.7 Å². The zero-order chi connectivity index (χ0) is 18.2. The van der Waals surface area contributed by atoms with E-state index in [9.17, 15) is 17.6 Å². The maximum atomic E-state index is 13.0. The summed E-state index contributed by atoms with van der Waals surface area (Å²) in [5.74, 6) is -0.932. The lowest BCUT2D eigenvalue weighted by atomic mass is 10.2. The molecule has 1 aromatic heterocycles. The number of nitrogens with zero attached hydrogens (tertiary/aromatic N) is 3. The molecule has 0 unspecified atom stereocenters. The van der Waals surface area contributed by atoms with Gasteiger partial charge in [-0.15, -0.1) is 0 Å². The van der Waals surface area contributed by atoms with Crippen molar-refractivity contribution in [2.75, 3.05) is 13.1 Å². The van der Waals surface area contributed by atoms with Crippen molar-refractivity contribution >= 4 is 15.9 Å². The third-order valence-corrected chi connectivity index (χ3v) is 6.57. The molecule has 0 bridgehead atoms. The Bertz CT molecular complexity index is 898. The van der Waals surface area contributed by atoms with Gasteiger partial charge in [0.15, 0.2) is 0 Å². The minimum absolute atomic E-state index is 0.0878. The smallest absolute Gasteiger partial charge is 0.267 e. The van der Waals surface area contributed by atoms with Crippen LogP contribution in [0.3, 0.4) is 0 Å². The van der Waals surface area contributed by atoms with Gasteiger partial charge in [-0.05, 0) is 51.0 Å². The molecule has 0 spiro atoms. The van der Waals surface area contributed by atoms with Crippen molar-refractivity contribution < 1.29 is 17.6 Å². The molecule has 0 radical (unpaired) electrons. The highest BCUT2D eigenvalue weighted by Crippen LogP contribution is 2.26. The van der Waals surface area contributed by atoms with E-state index in [0.717, 1.165) is 23.9 Å². The lowest BCUT2D eigenvalue weighted by Crippen LogP contribution is -2.36. The number of halogens is 1. The van der Waals surface area contributed by atoms with Crippen molar-refractivity contribution in [1.29, 1.82) is 0 Å². The Morgan fingerprint density at radius 2 is 1.68 bits per heavy atom. The van der Waals surface area contributed by atoms with Crippen LogP contribution in [0.25, 0.3) is 0 Å². The van der Waals surface area contributed by atoms with E-state index in [2.05, 4.69) is 5.10 Å². The van der Waals surface area contributed by atoms with Crippen LogP contribution in [-0.4, -0.2) is 41.5 Å². The molecule has 1 aromatic carbocycles. The van der Waals surface area contributed by atoms with Gasteiger partial charge in [0.25, 0.3) is 5.91 Å². The number of aryl methyl sites for hydroxylation is 1. The Morgan fingerprint density at radius 3 is 2.28 bits per heavy atom. The molecule has 0 saturated carbocycles. The minimum Gasteiger partial charge on any atom is -0.267 e. The van der Waals surface area contributed by atoms with Gasteiger partial charge >= 0.3 is 0 Å². The molecule has 1 aliphatic heterocycles. The molecule has 1 fully saturated rings. The molecular formula is C17H20FN3O3S. The van der Waals surface area contributed by atoms with E-state index in [-0.39, 0.29) is 16.2 Å². The first-order chi connectivity index (χ1) is 11.8. The SMILES string of the molecule is Cc1nn(C(=O)c2ccc(F)cc2)c(C)c1S(=O)(=O)N1CCCCC1. The van der Waals surface area contributed by atoms with E-state index < -0.39 is 21.7 Å². The highest BCUT2D eigenvalue weighted by Gasteiger charge is 2.32. The number of benzene rings is 1. The molecule has 25 heavy (non-hydrogen) atoms. The van der Waals surface area contributed by atoms with E-state index in [1.54, 1.807) is 13.8 Å². The van der Waals surface area contributed by atoms with Crippen molar-refractivity contribution in [3.63, 3.8) is 0 Å². The van der Waals surface area contributed by atoms with Gasteiger partial charge in [0.1, 0.15) is 10.7 Å². The van der Waals surface area contributed by atoms with Gasteiger partial charge in [-0.2, -0.15) is 14.1 Å². The number of rotatable bonds is 3. The average Bonchev–Trinajstić information content (AvgIpc) is 2.90. The molecule has 8 heteroatoms. The highest BCUT2D eigenvalue weighted by molar-refractivity contribution is 7.89. The average molecular weight is 365 g/mol. The Kier molecular flexibility index (Phi) is 4.75. The summed E-state index contributed by atoms with van der Waals surface area (Å²) in [7, 11) is -3.69. The van der Waals surface area contributed by atoms with Gasteiger partial charge < -0.3 is 0 Å². The molecule has 1 saturated heterocycles. The van der Waals surface area contributed by atoms with Crippen LogP contribution < -0.4 is 0 Å². The molecule has 134 valence electrons. The van der Waals surface area contributed by atoms with E-state index in [1.165, 1.54) is 28.6 Å². The fourth-order valence-corrected chi connectivity index (χ4v) is 5.02. The summed E-state index contributed by atoms with van der Waals surface area (Å²) in [6.07, 6.45) is 2.69. The second kappa shape index (κ2) is 6.68. The van der Waals surface area contributed by atoms with Gasteiger partial charge in [0, 0.05) is 18.7 Å². The number of sulfonamides is 1. The van der Waals surface area contributed by atoms with Crippen LogP contribution in [0.15, 0.2) is 29.2 Å². The number of hydrogen-bond donors (Lipinski definition) is 0. The normalized spacial score (nSPS) is 16.1. The Hall–Kier alpha value is -2.06. The molecule has 6 nitrogen and oxygen atoms in total. The maximum absolute atomic E-state index is 13.0. The first-order valence-corrected chi connectivity index (χ1v) is 9.63. The first kappa shape index (κ1) is 17.8. The molecule has 0 atom stereocenters. The summed E-state index contributed by atoms with van der Waals surface area (Å²) in [6.45, 7) is 4.12. The third-order valence-electron chi connectivity index (χ3n) is 4.42. The van der Waals surface area contributed by atoms with Gasteiger partial charge in [-0.25, -0.2) is 12.8 Å². The quantitative estimate of drug-likeness (QED) is 0.838. The topological polar surface area (TPSA) is 72.3 Å². The number of piperidine rings is 1. The molecular weight excluding hydrogens is 345 g/mol. The van der Waals surface area contributed by atoms with Crippen LogP contribution in [0.1, 0.15) is 41.0 Å². The Labute approximate surface area is 146 Å². The predicted octanol–water partition coefficient (Wildman–Crippen LogP) is 2.50. The van der Waals surface area contributed by atoms with E-state index >= 15 is 0 Å². The maximum Gasteiger partial charge on any atom is 0.278 e. The van der Waals surface area contributed by atoms with E-state index in [4.69, 9.17) is 0 Å². The summed E-state index contributed by atoms with van der Waals surface area (Å²) in [5.41, 5.74) is 0.810. The lowest BCUT2D eigenvalue weighted by Gasteiger charge is -2.25. The van der Waals surface area contributed by atoms with Gasteiger partial charge in [-0.1, -0.05) is 6.42 Å². The number of aromatic nitrogens is 2. The zero-order valence-corrected chi connectivity index (χ0v) is 15.0. The van der Waals surface area contributed by atoms with Gasteiger partial charge in [-0.3, -0.25) is 4.79 Å². The van der Waals surface area contributed by atoms with Crippen LogP contribution in [-0.2, 0) is 10.0 Å². The fourth-order valence-electron chi connectivity index (χ4n) is 3.15. The zero-order valence-electron chi connectivity index (χ0n) is 14.2. The van der Waals surface area contributed by atoms with Crippen LogP contribution in [0.2, 0.25) is 0 Å². The molecule has 0 amide bonds. The van der Waals surface area contributed by atoms with E-state index in [0.29, 0.717) is 18.8 Å². The molecule has 3 rings (SSSR count). The number of hydrogen-bond acceptors (Lipinski definition) is 4. The van der Waals surface area contributed by atoms with Crippen LogP contribution in [0.5, 0.6) is 0 Å². The predicted molar refractivity (Wildman–Crippen MR) is 90.4 cm³/mol. The van der Waals surface area contributed by atoms with Crippen molar-refractivity contribution in [1.82, 2.24) is 14.1 Å². The second-order valence-corrected chi connectivity index (χ2v) is 8.06. The molecule has 0 aliphatic carbocycles. The summed E-state index contributed by atoms with van der Waals surface area (Å²) in [4.78, 5) is 12.7. The highest BCUT2D eigenvalue weighted by atomic mass is 32.2. The summed E-state index contributed by atoms with van der Waals surface area (Å²) < 4.78 is 41.5. The van der Waals surface area contributed by atoms with Gasteiger partial charge in [0.05, 0.1) is 11.4 Å². The monoisotopic (exact) mass is 365 g/mol. The largest absolute Gasteiger partial charge is 0.278 e. The molecule has 0 N–H and O–H groups in total. The Balaban J connectivity index is 2.01. The minimum atomic E-state index is -3.69. The van der Waals surface area contributed by atoms with Crippen molar-refractivity contribution in [3.8, 4) is 0 Å². The van der Waals surface area contributed by atoms with Crippen LogP contribution >= 0.6 is 0 Å². The summed E-state index contributed by atoms with van der Waals surface area (Å²) in [6, 6.07) is 5.08. The third kappa shape index (κ3) is 3.23. The van der Waals surface area contributed by atoms with Crippen molar-refractivity contribution in [2.45, 2.75) is 38.0 Å². The van der Waals surface area contributed by atoms with Crippen LogP contribution in [0.4, 0.5) is 4.39 Å². The van der Waals surface area contributed by atoms with Crippen molar-refractivity contribution in [2.24, 2.45) is 0 Å². The Morgan fingerprint density at radius 1 is 1.08 bits per heavy atom.